The molecule has 17 heavy (non-hydrogen) atoms. The molecule has 0 heterocycles. The highest BCUT2D eigenvalue weighted by Crippen LogP contribution is 2.13. The summed E-state index contributed by atoms with van der Waals surface area (Å²) in [5.41, 5.74) is 1.27. The Hall–Kier alpha value is -0.970. The molecule has 0 spiro atoms. The van der Waals surface area contributed by atoms with Crippen LogP contribution in [0.2, 0.25) is 5.02 Å². The van der Waals surface area contributed by atoms with Gasteiger partial charge in [-0.2, -0.15) is 0 Å². The van der Waals surface area contributed by atoms with Crippen molar-refractivity contribution in [3.63, 3.8) is 0 Å². The van der Waals surface area contributed by atoms with Gasteiger partial charge >= 0.3 is 0 Å². The Kier molecular flexibility index (Phi) is 6.77. The Balaban J connectivity index is 2.59. The van der Waals surface area contributed by atoms with E-state index in [0.29, 0.717) is 6.04 Å². The summed E-state index contributed by atoms with van der Waals surface area (Å²) < 4.78 is 0. The molecule has 1 rings (SSSR count). The van der Waals surface area contributed by atoms with Crippen LogP contribution >= 0.6 is 11.6 Å². The molecule has 0 bridgehead atoms. The van der Waals surface area contributed by atoms with Gasteiger partial charge in [-0.1, -0.05) is 30.7 Å². The van der Waals surface area contributed by atoms with Crippen LogP contribution in [0.5, 0.6) is 0 Å². The van der Waals surface area contributed by atoms with Gasteiger partial charge in [0, 0.05) is 17.5 Å². The number of benzene rings is 1. The molecule has 1 nitrogen and oxygen atoms in total. The number of hydrogen-bond acceptors (Lipinski definition) is 1. The topological polar surface area (TPSA) is 12.0 Å². The summed E-state index contributed by atoms with van der Waals surface area (Å²) >= 11 is 5.99. The van der Waals surface area contributed by atoms with Gasteiger partial charge < -0.3 is 5.32 Å². The van der Waals surface area contributed by atoms with Gasteiger partial charge in [0.05, 0.1) is 0 Å². The normalized spacial score (nSPS) is 11.7. The highest BCUT2D eigenvalue weighted by Gasteiger charge is 2.07. The monoisotopic (exact) mass is 249 g/mol. The molecule has 0 aliphatic carbocycles. The first kappa shape index (κ1) is 14.1. The first-order valence-corrected chi connectivity index (χ1v) is 6.51. The summed E-state index contributed by atoms with van der Waals surface area (Å²) in [6, 6.07) is 8.47. The third-order valence-electron chi connectivity index (χ3n) is 2.58. The van der Waals surface area contributed by atoms with Crippen molar-refractivity contribution in [2.75, 3.05) is 6.54 Å². The molecule has 0 amide bonds. The van der Waals surface area contributed by atoms with Crippen LogP contribution < -0.4 is 5.32 Å². The maximum absolute atomic E-state index is 5.99. The molecule has 92 valence electrons. The van der Waals surface area contributed by atoms with Gasteiger partial charge in [0.25, 0.3) is 0 Å². The molecule has 0 radical (unpaired) electrons. The molecular weight excluding hydrogens is 230 g/mol. The lowest BCUT2D eigenvalue weighted by molar-refractivity contribution is 0.517. The van der Waals surface area contributed by atoms with E-state index in [1.807, 2.05) is 25.1 Å². The summed E-state index contributed by atoms with van der Waals surface area (Å²) in [5.74, 6) is 6.10. The van der Waals surface area contributed by atoms with Crippen LogP contribution in [0.25, 0.3) is 0 Å². The predicted octanol–water partition coefficient (Wildman–Crippen LogP) is 3.66. The molecule has 1 atom stereocenters. The van der Waals surface area contributed by atoms with E-state index < -0.39 is 0 Å². The van der Waals surface area contributed by atoms with E-state index in [0.717, 1.165) is 30.8 Å². The van der Waals surface area contributed by atoms with Gasteiger partial charge in [-0.3, -0.25) is 0 Å². The number of nitrogens with one attached hydrogen (secondary N) is 1. The van der Waals surface area contributed by atoms with Crippen LogP contribution in [0.1, 0.15) is 32.3 Å². The van der Waals surface area contributed by atoms with Crippen molar-refractivity contribution in [2.24, 2.45) is 0 Å². The first-order valence-electron chi connectivity index (χ1n) is 6.13. The van der Waals surface area contributed by atoms with E-state index in [1.54, 1.807) is 0 Å². The summed E-state index contributed by atoms with van der Waals surface area (Å²) in [5, 5.41) is 4.33. The van der Waals surface area contributed by atoms with E-state index in [-0.39, 0.29) is 0 Å². The lowest BCUT2D eigenvalue weighted by Gasteiger charge is -2.16. The number of hydrogen-bond donors (Lipinski definition) is 1. The maximum atomic E-state index is 5.99. The van der Waals surface area contributed by atoms with Crippen molar-refractivity contribution in [3.8, 4) is 11.8 Å². The SMILES string of the molecule is CC#CCC(Cc1cccc(Cl)c1)NCCC. The van der Waals surface area contributed by atoms with Gasteiger partial charge in [0.15, 0.2) is 0 Å². The average molecular weight is 250 g/mol. The number of rotatable bonds is 6. The van der Waals surface area contributed by atoms with Gasteiger partial charge in [0.1, 0.15) is 0 Å². The first-order chi connectivity index (χ1) is 8.26. The van der Waals surface area contributed by atoms with Crippen LogP contribution in [0.15, 0.2) is 24.3 Å². The fourth-order valence-corrected chi connectivity index (χ4v) is 1.95. The van der Waals surface area contributed by atoms with Crippen molar-refractivity contribution in [3.05, 3.63) is 34.9 Å². The minimum absolute atomic E-state index is 0.417. The molecule has 0 saturated carbocycles. The Morgan fingerprint density at radius 2 is 2.24 bits per heavy atom. The maximum Gasteiger partial charge on any atom is 0.0408 e. The van der Waals surface area contributed by atoms with Crippen molar-refractivity contribution >= 4 is 11.6 Å². The average Bonchev–Trinajstić information content (AvgIpc) is 2.32. The van der Waals surface area contributed by atoms with Crippen molar-refractivity contribution < 1.29 is 0 Å². The van der Waals surface area contributed by atoms with E-state index in [9.17, 15) is 0 Å². The molecule has 0 saturated heterocycles. The zero-order chi connectivity index (χ0) is 12.5. The molecule has 0 aliphatic rings. The Bertz CT molecular complexity index is 389. The van der Waals surface area contributed by atoms with E-state index in [2.05, 4.69) is 30.1 Å². The van der Waals surface area contributed by atoms with E-state index >= 15 is 0 Å². The van der Waals surface area contributed by atoms with Gasteiger partial charge in [-0.25, -0.2) is 0 Å². The second-order valence-electron chi connectivity index (χ2n) is 4.12. The highest BCUT2D eigenvalue weighted by atomic mass is 35.5. The second-order valence-corrected chi connectivity index (χ2v) is 4.55. The van der Waals surface area contributed by atoms with E-state index in [1.165, 1.54) is 5.56 Å². The van der Waals surface area contributed by atoms with Crippen molar-refractivity contribution in [2.45, 2.75) is 39.2 Å². The van der Waals surface area contributed by atoms with Gasteiger partial charge in [-0.15, -0.1) is 11.8 Å². The van der Waals surface area contributed by atoms with Crippen molar-refractivity contribution in [1.82, 2.24) is 5.32 Å². The Morgan fingerprint density at radius 1 is 1.41 bits per heavy atom. The number of halogens is 1. The molecule has 1 aromatic rings. The zero-order valence-electron chi connectivity index (χ0n) is 10.6. The van der Waals surface area contributed by atoms with Crippen LogP contribution in [-0.4, -0.2) is 12.6 Å². The zero-order valence-corrected chi connectivity index (χ0v) is 11.3. The molecule has 2 heteroatoms. The van der Waals surface area contributed by atoms with Crippen molar-refractivity contribution in [1.29, 1.82) is 0 Å². The molecule has 0 aromatic heterocycles. The lowest BCUT2D eigenvalue weighted by Crippen LogP contribution is -2.31. The molecule has 1 N–H and O–H groups in total. The third-order valence-corrected chi connectivity index (χ3v) is 2.81. The molecule has 1 aromatic carbocycles. The molecular formula is C15H20ClN. The summed E-state index contributed by atoms with van der Waals surface area (Å²) in [6.45, 7) is 5.10. The van der Waals surface area contributed by atoms with Crippen LogP contribution in [0.3, 0.4) is 0 Å². The standard InChI is InChI=1S/C15H20ClN/c1-3-5-9-15(17-10-4-2)12-13-7-6-8-14(16)11-13/h6-8,11,15,17H,4,9-10,12H2,1-2H3. The largest absolute Gasteiger partial charge is 0.313 e. The predicted molar refractivity (Wildman–Crippen MR) is 75.3 cm³/mol. The van der Waals surface area contributed by atoms with Crippen LogP contribution in [0.4, 0.5) is 0 Å². The van der Waals surface area contributed by atoms with Crippen LogP contribution in [0, 0.1) is 11.8 Å². The van der Waals surface area contributed by atoms with Gasteiger partial charge in [-0.05, 0) is 44.0 Å². The van der Waals surface area contributed by atoms with Gasteiger partial charge in [0.2, 0.25) is 0 Å². The third kappa shape index (κ3) is 5.77. The molecule has 0 aliphatic heterocycles. The molecule has 1 unspecified atom stereocenters. The second kappa shape index (κ2) is 8.17. The fraction of sp³-hybridized carbons (Fsp3) is 0.467. The Morgan fingerprint density at radius 3 is 2.88 bits per heavy atom. The smallest absolute Gasteiger partial charge is 0.0408 e. The lowest BCUT2D eigenvalue weighted by atomic mass is 10.0. The minimum atomic E-state index is 0.417. The minimum Gasteiger partial charge on any atom is -0.313 e. The molecule has 0 fully saturated rings. The van der Waals surface area contributed by atoms with Crippen LogP contribution in [-0.2, 0) is 6.42 Å². The Labute approximate surface area is 110 Å². The quantitative estimate of drug-likeness (QED) is 0.759. The summed E-state index contributed by atoms with van der Waals surface area (Å²) in [6.07, 6.45) is 3.02. The highest BCUT2D eigenvalue weighted by molar-refractivity contribution is 6.30. The van der Waals surface area contributed by atoms with E-state index in [4.69, 9.17) is 11.6 Å². The summed E-state index contributed by atoms with van der Waals surface area (Å²) in [4.78, 5) is 0. The summed E-state index contributed by atoms with van der Waals surface area (Å²) in [7, 11) is 0. The fourth-order valence-electron chi connectivity index (χ4n) is 1.74.